The van der Waals surface area contributed by atoms with Crippen LogP contribution in [-0.4, -0.2) is 15.0 Å². The van der Waals surface area contributed by atoms with Crippen molar-refractivity contribution in [1.82, 2.24) is 15.0 Å². The highest BCUT2D eigenvalue weighted by Gasteiger charge is 2.23. The third-order valence-corrected chi connectivity index (χ3v) is 10.1. The minimum absolute atomic E-state index is 0.571. The average Bonchev–Trinajstić information content (AvgIpc) is 3.81. The van der Waals surface area contributed by atoms with Crippen molar-refractivity contribution in [3.05, 3.63) is 164 Å². The van der Waals surface area contributed by atoms with Gasteiger partial charge in [0.1, 0.15) is 22.3 Å². The van der Waals surface area contributed by atoms with E-state index in [0.717, 1.165) is 93.2 Å². The molecule has 0 N–H and O–H groups in total. The van der Waals surface area contributed by atoms with Gasteiger partial charge in [0.2, 0.25) is 0 Å². The molecule has 3 aromatic heterocycles. The summed E-state index contributed by atoms with van der Waals surface area (Å²) in [5.41, 5.74) is 8.16. The van der Waals surface area contributed by atoms with Crippen molar-refractivity contribution in [3.8, 4) is 45.3 Å². The van der Waals surface area contributed by atoms with Gasteiger partial charge in [-0.05, 0) is 52.2 Å². The summed E-state index contributed by atoms with van der Waals surface area (Å²) in [4.78, 5) is 15.9. The number of fused-ring (bicyclic) bond motifs is 10. The first kappa shape index (κ1) is 28.7. The molecule has 0 saturated heterocycles. The van der Waals surface area contributed by atoms with E-state index < -0.39 is 0 Å². The Morgan fingerprint density at radius 2 is 0.769 bits per heavy atom. The van der Waals surface area contributed by atoms with Crippen molar-refractivity contribution in [2.75, 3.05) is 0 Å². The maximum Gasteiger partial charge on any atom is 0.164 e. The van der Waals surface area contributed by atoms with Gasteiger partial charge in [-0.1, -0.05) is 133 Å². The Bertz CT molecular complexity index is 3020. The first-order chi connectivity index (χ1) is 25.8. The quantitative estimate of drug-likeness (QED) is 0.187. The number of rotatable bonds is 4. The fraction of sp³-hybridized carbons (Fsp3) is 0. The van der Waals surface area contributed by atoms with Crippen LogP contribution in [0.3, 0.4) is 0 Å². The van der Waals surface area contributed by atoms with E-state index in [1.165, 1.54) is 0 Å². The summed E-state index contributed by atoms with van der Waals surface area (Å²) < 4.78 is 13.2. The predicted octanol–water partition coefficient (Wildman–Crippen LogP) is 12.6. The predicted molar refractivity (Wildman–Crippen MR) is 211 cm³/mol. The van der Waals surface area contributed by atoms with E-state index >= 15 is 0 Å². The molecule has 3 heterocycles. The molecule has 0 aliphatic carbocycles. The molecule has 5 heteroatoms. The summed E-state index contributed by atoms with van der Waals surface area (Å²) in [6, 6.07) is 56.2. The number of benzene rings is 8. The molecule has 11 aromatic rings. The normalized spacial score (nSPS) is 11.8. The van der Waals surface area contributed by atoms with E-state index in [-0.39, 0.29) is 0 Å². The summed E-state index contributed by atoms with van der Waals surface area (Å²) in [7, 11) is 0. The Morgan fingerprint density at radius 3 is 1.35 bits per heavy atom. The fourth-order valence-corrected chi connectivity index (χ4v) is 7.69. The molecule has 0 unspecified atom stereocenters. The van der Waals surface area contributed by atoms with Crippen molar-refractivity contribution in [2.45, 2.75) is 0 Å². The fourth-order valence-electron chi connectivity index (χ4n) is 7.69. The molecule has 0 fully saturated rings. The van der Waals surface area contributed by atoms with Crippen LogP contribution in [-0.2, 0) is 0 Å². The minimum atomic E-state index is 0.571. The van der Waals surface area contributed by atoms with Gasteiger partial charge in [-0.2, -0.15) is 0 Å². The Kier molecular flexibility index (Phi) is 6.18. The van der Waals surface area contributed by atoms with Gasteiger partial charge in [0.15, 0.2) is 17.5 Å². The average molecular weight is 666 g/mol. The van der Waals surface area contributed by atoms with Gasteiger partial charge < -0.3 is 8.83 Å². The van der Waals surface area contributed by atoms with Crippen molar-refractivity contribution in [3.63, 3.8) is 0 Å². The molecular formula is C47H27N3O2. The highest BCUT2D eigenvalue weighted by Crippen LogP contribution is 2.43. The molecule has 0 aliphatic heterocycles. The molecule has 8 aromatic carbocycles. The number of nitrogens with zero attached hydrogens (tertiary/aromatic N) is 3. The van der Waals surface area contributed by atoms with Crippen molar-refractivity contribution in [1.29, 1.82) is 0 Å². The monoisotopic (exact) mass is 665 g/mol. The smallest absolute Gasteiger partial charge is 0.164 e. The summed E-state index contributed by atoms with van der Waals surface area (Å²) >= 11 is 0. The highest BCUT2D eigenvalue weighted by molar-refractivity contribution is 6.22. The van der Waals surface area contributed by atoms with Crippen LogP contribution in [0.2, 0.25) is 0 Å². The second-order valence-electron chi connectivity index (χ2n) is 13.1. The molecule has 0 amide bonds. The van der Waals surface area contributed by atoms with Gasteiger partial charge in [-0.3, -0.25) is 0 Å². The molecule has 5 nitrogen and oxygen atoms in total. The molecule has 0 bridgehead atoms. The largest absolute Gasteiger partial charge is 0.455 e. The van der Waals surface area contributed by atoms with Crippen LogP contribution >= 0.6 is 0 Å². The third kappa shape index (κ3) is 4.39. The summed E-state index contributed by atoms with van der Waals surface area (Å²) in [6.07, 6.45) is 0. The first-order valence-corrected chi connectivity index (χ1v) is 17.4. The standard InChI is InChI=1S/C47H27N3O2/c1-2-13-28(14-3-1)29-17-12-18-32(25-29)45-48-46(37-26-30-15-4-6-19-33(30)43-41(37)35-21-8-10-23-39(35)51-43)50-47(49-45)38-27-31-16-5-7-20-34(31)44-42(38)36-22-9-11-24-40(36)52-44/h1-27H. The maximum absolute atomic E-state index is 6.58. The summed E-state index contributed by atoms with van der Waals surface area (Å²) in [5.74, 6) is 1.73. The van der Waals surface area contributed by atoms with E-state index in [4.69, 9.17) is 23.8 Å². The van der Waals surface area contributed by atoms with Gasteiger partial charge in [-0.25, -0.2) is 15.0 Å². The molecule has 0 radical (unpaired) electrons. The van der Waals surface area contributed by atoms with Crippen LogP contribution in [0.1, 0.15) is 0 Å². The molecular weight excluding hydrogens is 639 g/mol. The Morgan fingerprint density at radius 1 is 0.327 bits per heavy atom. The number of hydrogen-bond acceptors (Lipinski definition) is 5. The van der Waals surface area contributed by atoms with Crippen molar-refractivity contribution >= 4 is 65.4 Å². The Balaban J connectivity index is 1.26. The van der Waals surface area contributed by atoms with Gasteiger partial charge >= 0.3 is 0 Å². The van der Waals surface area contributed by atoms with E-state index in [2.05, 4.69) is 109 Å². The molecule has 0 saturated carbocycles. The zero-order valence-corrected chi connectivity index (χ0v) is 27.7. The van der Waals surface area contributed by atoms with Gasteiger partial charge in [0, 0.05) is 49.0 Å². The van der Waals surface area contributed by atoms with Gasteiger partial charge in [-0.15, -0.1) is 0 Å². The molecule has 52 heavy (non-hydrogen) atoms. The summed E-state index contributed by atoms with van der Waals surface area (Å²) in [6.45, 7) is 0. The van der Waals surface area contributed by atoms with E-state index in [9.17, 15) is 0 Å². The minimum Gasteiger partial charge on any atom is -0.455 e. The maximum atomic E-state index is 6.58. The van der Waals surface area contributed by atoms with Gasteiger partial charge in [0.25, 0.3) is 0 Å². The van der Waals surface area contributed by atoms with Crippen molar-refractivity contribution < 1.29 is 8.83 Å². The number of para-hydroxylation sites is 2. The van der Waals surface area contributed by atoms with Crippen LogP contribution < -0.4 is 0 Å². The lowest BCUT2D eigenvalue weighted by molar-refractivity contribution is 0.672. The Labute approximate surface area is 297 Å². The lowest BCUT2D eigenvalue weighted by atomic mass is 9.98. The van der Waals surface area contributed by atoms with Crippen LogP contribution in [0.15, 0.2) is 173 Å². The SMILES string of the molecule is c1ccc(-c2cccc(-c3nc(-c4cc5ccccc5c5oc6ccccc6c45)nc(-c4cc5ccccc5c5oc6ccccc6c45)n3)c2)cc1. The lowest BCUT2D eigenvalue weighted by Crippen LogP contribution is -2.01. The van der Waals surface area contributed by atoms with E-state index in [0.29, 0.717) is 17.5 Å². The number of hydrogen-bond donors (Lipinski definition) is 0. The number of aromatic nitrogens is 3. The zero-order chi connectivity index (χ0) is 34.2. The topological polar surface area (TPSA) is 65.0 Å². The molecule has 0 atom stereocenters. The van der Waals surface area contributed by atoms with Crippen LogP contribution in [0.5, 0.6) is 0 Å². The van der Waals surface area contributed by atoms with Crippen LogP contribution in [0.4, 0.5) is 0 Å². The molecule has 0 spiro atoms. The highest BCUT2D eigenvalue weighted by atomic mass is 16.3. The second-order valence-corrected chi connectivity index (χ2v) is 13.1. The number of furan rings is 2. The molecule has 11 rings (SSSR count). The van der Waals surface area contributed by atoms with Gasteiger partial charge in [0.05, 0.1) is 0 Å². The van der Waals surface area contributed by atoms with E-state index in [1.54, 1.807) is 0 Å². The zero-order valence-electron chi connectivity index (χ0n) is 27.7. The van der Waals surface area contributed by atoms with Crippen LogP contribution in [0, 0.1) is 0 Å². The molecule has 242 valence electrons. The Hall–Kier alpha value is -7.11. The lowest BCUT2D eigenvalue weighted by Gasteiger charge is -2.12. The molecule has 0 aliphatic rings. The van der Waals surface area contributed by atoms with Crippen molar-refractivity contribution in [2.24, 2.45) is 0 Å². The van der Waals surface area contributed by atoms with E-state index in [1.807, 2.05) is 54.6 Å². The second kappa shape index (κ2) is 11.2. The first-order valence-electron chi connectivity index (χ1n) is 17.4. The summed E-state index contributed by atoms with van der Waals surface area (Å²) in [5, 5.41) is 8.18. The third-order valence-electron chi connectivity index (χ3n) is 10.1. The van der Waals surface area contributed by atoms with Crippen LogP contribution in [0.25, 0.3) is 111 Å².